The zero-order valence-corrected chi connectivity index (χ0v) is 13.1. The summed E-state index contributed by atoms with van der Waals surface area (Å²) in [5.74, 6) is 0. The Morgan fingerprint density at radius 3 is 1.26 bits per heavy atom. The van der Waals surface area contributed by atoms with E-state index < -0.39 is 0 Å². The molecule has 0 fully saturated rings. The predicted octanol–water partition coefficient (Wildman–Crippen LogP) is 5.66. The first-order valence-electron chi connectivity index (χ1n) is 7.15. The highest BCUT2D eigenvalue weighted by Crippen LogP contribution is 2.34. The summed E-state index contributed by atoms with van der Waals surface area (Å²) in [6.45, 7) is 13.0. The normalized spacial score (nSPS) is 10.6. The van der Waals surface area contributed by atoms with Crippen LogP contribution in [0.1, 0.15) is 49.9 Å². The summed E-state index contributed by atoms with van der Waals surface area (Å²) < 4.78 is 0. The van der Waals surface area contributed by atoms with Crippen molar-refractivity contribution in [3.63, 3.8) is 0 Å². The smallest absolute Gasteiger partial charge is 0.0151 e. The number of benzene rings is 2. The van der Waals surface area contributed by atoms with Gasteiger partial charge in [0.1, 0.15) is 0 Å². The Morgan fingerprint density at radius 2 is 0.947 bits per heavy atom. The molecule has 0 heteroatoms. The van der Waals surface area contributed by atoms with Crippen LogP contribution in [0.3, 0.4) is 0 Å². The summed E-state index contributed by atoms with van der Waals surface area (Å²) in [6, 6.07) is 17.3. The number of rotatable bonds is 2. The molecule has 0 saturated carbocycles. The highest BCUT2D eigenvalue weighted by molar-refractivity contribution is 5.44. The first-order valence-corrected chi connectivity index (χ1v) is 7.15. The first kappa shape index (κ1) is 15.5. The maximum absolute atomic E-state index is 2.30. The summed E-state index contributed by atoms with van der Waals surface area (Å²) in [5, 5.41) is 0. The van der Waals surface area contributed by atoms with E-state index in [1.165, 1.54) is 22.3 Å². The molecule has 0 bridgehead atoms. The molecular weight excluding hydrogens is 228 g/mol. The SMILES string of the molecule is CC.Cc1ccccc1C(C)(C)c1ccccc1C. The van der Waals surface area contributed by atoms with Crippen LogP contribution in [0.4, 0.5) is 0 Å². The molecule has 0 aliphatic heterocycles. The molecule has 0 radical (unpaired) electrons. The molecule has 0 atom stereocenters. The van der Waals surface area contributed by atoms with Crippen molar-refractivity contribution in [1.29, 1.82) is 0 Å². The molecule has 0 amide bonds. The van der Waals surface area contributed by atoms with Gasteiger partial charge in [-0.25, -0.2) is 0 Å². The van der Waals surface area contributed by atoms with Gasteiger partial charge >= 0.3 is 0 Å². The standard InChI is InChI=1S/C17H20.C2H6/c1-13-9-5-7-11-15(13)17(3,4)16-12-8-6-10-14(16)2;1-2/h5-12H,1-4H3;1-2H3. The van der Waals surface area contributed by atoms with Gasteiger partial charge in [-0.15, -0.1) is 0 Å². The predicted molar refractivity (Wildman–Crippen MR) is 85.8 cm³/mol. The van der Waals surface area contributed by atoms with Crippen LogP contribution >= 0.6 is 0 Å². The molecule has 2 aromatic carbocycles. The van der Waals surface area contributed by atoms with E-state index in [9.17, 15) is 0 Å². The van der Waals surface area contributed by atoms with Crippen LogP contribution in [0.5, 0.6) is 0 Å². The zero-order valence-electron chi connectivity index (χ0n) is 13.1. The molecule has 0 saturated heterocycles. The Hall–Kier alpha value is -1.56. The van der Waals surface area contributed by atoms with E-state index in [0.717, 1.165) is 0 Å². The van der Waals surface area contributed by atoms with Crippen LogP contribution in [-0.2, 0) is 5.41 Å². The fourth-order valence-corrected chi connectivity index (χ4v) is 2.69. The maximum Gasteiger partial charge on any atom is 0.0151 e. The topological polar surface area (TPSA) is 0 Å². The van der Waals surface area contributed by atoms with E-state index >= 15 is 0 Å². The minimum absolute atomic E-state index is 0.0662. The van der Waals surface area contributed by atoms with Gasteiger partial charge in [-0.1, -0.05) is 76.2 Å². The Kier molecular flexibility index (Phi) is 5.35. The number of aryl methyl sites for hydroxylation is 2. The van der Waals surface area contributed by atoms with E-state index in [4.69, 9.17) is 0 Å². The average molecular weight is 254 g/mol. The molecule has 0 aliphatic rings. The van der Waals surface area contributed by atoms with Gasteiger partial charge in [0.05, 0.1) is 0 Å². The number of hydrogen-bond donors (Lipinski definition) is 0. The molecule has 0 unspecified atom stereocenters. The summed E-state index contributed by atoms with van der Waals surface area (Å²) in [7, 11) is 0. The second-order valence-electron chi connectivity index (χ2n) is 5.25. The molecule has 0 aromatic heterocycles. The van der Waals surface area contributed by atoms with Crippen molar-refractivity contribution in [3.8, 4) is 0 Å². The van der Waals surface area contributed by atoms with Crippen molar-refractivity contribution in [2.45, 2.75) is 47.0 Å². The minimum Gasteiger partial charge on any atom is -0.0683 e. The van der Waals surface area contributed by atoms with Gasteiger partial charge in [-0.2, -0.15) is 0 Å². The lowest BCUT2D eigenvalue weighted by molar-refractivity contribution is 0.631. The van der Waals surface area contributed by atoms with Crippen molar-refractivity contribution in [2.24, 2.45) is 0 Å². The molecule has 0 N–H and O–H groups in total. The first-order chi connectivity index (χ1) is 9.03. The van der Waals surface area contributed by atoms with Gasteiger partial charge in [-0.05, 0) is 36.1 Å². The second-order valence-corrected chi connectivity index (χ2v) is 5.25. The van der Waals surface area contributed by atoms with Crippen LogP contribution in [0.15, 0.2) is 48.5 Å². The zero-order chi connectivity index (χ0) is 14.5. The van der Waals surface area contributed by atoms with Crippen molar-refractivity contribution in [3.05, 3.63) is 70.8 Å². The molecule has 0 nitrogen and oxygen atoms in total. The maximum atomic E-state index is 2.30. The molecule has 102 valence electrons. The lowest BCUT2D eigenvalue weighted by Crippen LogP contribution is -2.21. The number of hydrogen-bond acceptors (Lipinski definition) is 0. The quantitative estimate of drug-likeness (QED) is 0.649. The lowest BCUT2D eigenvalue weighted by atomic mass is 9.75. The van der Waals surface area contributed by atoms with E-state index in [1.807, 2.05) is 13.8 Å². The van der Waals surface area contributed by atoms with Gasteiger partial charge in [0.15, 0.2) is 0 Å². The van der Waals surface area contributed by atoms with Gasteiger partial charge < -0.3 is 0 Å². The monoisotopic (exact) mass is 254 g/mol. The molecule has 0 heterocycles. The Labute approximate surface area is 118 Å². The van der Waals surface area contributed by atoms with Crippen molar-refractivity contribution in [1.82, 2.24) is 0 Å². The van der Waals surface area contributed by atoms with Crippen molar-refractivity contribution < 1.29 is 0 Å². The minimum atomic E-state index is 0.0662. The van der Waals surface area contributed by atoms with Crippen molar-refractivity contribution in [2.75, 3.05) is 0 Å². The van der Waals surface area contributed by atoms with E-state index in [-0.39, 0.29) is 5.41 Å². The second kappa shape index (κ2) is 6.56. The van der Waals surface area contributed by atoms with Crippen LogP contribution < -0.4 is 0 Å². The Bertz CT molecular complexity index is 474. The molecule has 19 heavy (non-hydrogen) atoms. The third kappa shape index (κ3) is 3.26. The molecule has 2 aromatic rings. The third-order valence-electron chi connectivity index (χ3n) is 3.64. The van der Waals surface area contributed by atoms with Crippen LogP contribution in [-0.4, -0.2) is 0 Å². The van der Waals surface area contributed by atoms with Crippen molar-refractivity contribution >= 4 is 0 Å². The molecule has 0 aliphatic carbocycles. The fourth-order valence-electron chi connectivity index (χ4n) is 2.69. The summed E-state index contributed by atoms with van der Waals surface area (Å²) in [6.07, 6.45) is 0. The summed E-state index contributed by atoms with van der Waals surface area (Å²) in [5.41, 5.74) is 5.61. The van der Waals surface area contributed by atoms with E-state index in [1.54, 1.807) is 0 Å². The highest BCUT2D eigenvalue weighted by atomic mass is 14.3. The van der Waals surface area contributed by atoms with E-state index in [0.29, 0.717) is 0 Å². The van der Waals surface area contributed by atoms with Gasteiger partial charge in [0, 0.05) is 5.41 Å². The molecule has 0 spiro atoms. The largest absolute Gasteiger partial charge is 0.0683 e. The average Bonchev–Trinajstić information content (AvgIpc) is 2.41. The van der Waals surface area contributed by atoms with Crippen LogP contribution in [0.25, 0.3) is 0 Å². The Balaban J connectivity index is 0.000000861. The molecule has 2 rings (SSSR count). The summed E-state index contributed by atoms with van der Waals surface area (Å²) >= 11 is 0. The van der Waals surface area contributed by atoms with Gasteiger partial charge in [0.25, 0.3) is 0 Å². The van der Waals surface area contributed by atoms with Gasteiger partial charge in [0.2, 0.25) is 0 Å². The van der Waals surface area contributed by atoms with Crippen LogP contribution in [0, 0.1) is 13.8 Å². The van der Waals surface area contributed by atoms with E-state index in [2.05, 4.69) is 76.2 Å². The van der Waals surface area contributed by atoms with Gasteiger partial charge in [-0.3, -0.25) is 0 Å². The highest BCUT2D eigenvalue weighted by Gasteiger charge is 2.25. The fraction of sp³-hybridized carbons (Fsp3) is 0.368. The summed E-state index contributed by atoms with van der Waals surface area (Å²) in [4.78, 5) is 0. The molecular formula is C19H26. The van der Waals surface area contributed by atoms with Crippen LogP contribution in [0.2, 0.25) is 0 Å². The third-order valence-corrected chi connectivity index (χ3v) is 3.64. The lowest BCUT2D eigenvalue weighted by Gasteiger charge is -2.29. The Morgan fingerprint density at radius 1 is 0.632 bits per heavy atom.